The van der Waals surface area contributed by atoms with Gasteiger partial charge >= 0.3 is 0 Å². The van der Waals surface area contributed by atoms with Crippen LogP contribution in [0.25, 0.3) is 10.9 Å². The molecule has 0 aliphatic heterocycles. The number of para-hydroxylation sites is 1. The first-order valence-corrected chi connectivity index (χ1v) is 7.43. The third kappa shape index (κ3) is 2.73. The summed E-state index contributed by atoms with van der Waals surface area (Å²) in [6.45, 7) is 2.36. The third-order valence-corrected chi connectivity index (χ3v) is 4.40. The number of anilines is 1. The third-order valence-electron chi connectivity index (χ3n) is 3.34. The van der Waals surface area contributed by atoms with E-state index in [-0.39, 0.29) is 5.91 Å². The minimum absolute atomic E-state index is 0.104. The van der Waals surface area contributed by atoms with Gasteiger partial charge in [-0.15, -0.1) is 11.3 Å². The molecule has 106 valence electrons. The molecule has 3 aromatic rings. The van der Waals surface area contributed by atoms with E-state index in [9.17, 15) is 4.79 Å². The molecule has 0 saturated heterocycles. The summed E-state index contributed by atoms with van der Waals surface area (Å²) < 4.78 is 0. The number of carbonyl (C=O) groups excluding carboxylic acids is 1. The van der Waals surface area contributed by atoms with Crippen LogP contribution >= 0.6 is 11.3 Å². The Morgan fingerprint density at radius 3 is 2.90 bits per heavy atom. The predicted molar refractivity (Wildman–Crippen MR) is 86.4 cm³/mol. The van der Waals surface area contributed by atoms with Crippen molar-refractivity contribution in [2.45, 2.75) is 13.5 Å². The number of nitrogens with zero attached hydrogens (tertiary/aromatic N) is 1. The lowest BCUT2D eigenvalue weighted by atomic mass is 10.1. The molecule has 2 aromatic heterocycles. The summed E-state index contributed by atoms with van der Waals surface area (Å²) in [7, 11) is 0. The van der Waals surface area contributed by atoms with E-state index < -0.39 is 0 Å². The van der Waals surface area contributed by atoms with E-state index >= 15 is 0 Å². The molecule has 0 bridgehead atoms. The van der Waals surface area contributed by atoms with Crippen molar-refractivity contribution in [3.05, 3.63) is 57.9 Å². The fourth-order valence-corrected chi connectivity index (χ4v) is 3.04. The van der Waals surface area contributed by atoms with Crippen LogP contribution in [0.1, 0.15) is 20.1 Å². The zero-order valence-corrected chi connectivity index (χ0v) is 12.4. The molecule has 0 saturated carbocycles. The lowest BCUT2D eigenvalue weighted by molar-refractivity contribution is 0.0955. The summed E-state index contributed by atoms with van der Waals surface area (Å²) in [5.41, 5.74) is 8.37. The number of nitrogens with two attached hydrogens (primary N) is 1. The molecule has 0 spiro atoms. The van der Waals surface area contributed by atoms with E-state index in [4.69, 9.17) is 5.73 Å². The first-order valence-electron chi connectivity index (χ1n) is 6.62. The van der Waals surface area contributed by atoms with Gasteiger partial charge in [0.25, 0.3) is 5.91 Å². The fourth-order valence-electron chi connectivity index (χ4n) is 2.18. The number of benzene rings is 1. The second-order valence-corrected chi connectivity index (χ2v) is 6.05. The highest BCUT2D eigenvalue weighted by Gasteiger charge is 2.11. The summed E-state index contributed by atoms with van der Waals surface area (Å²) in [6, 6.07) is 11.6. The van der Waals surface area contributed by atoms with Crippen molar-refractivity contribution in [1.82, 2.24) is 10.3 Å². The summed E-state index contributed by atoms with van der Waals surface area (Å²) in [6.07, 6.45) is 1.76. The number of amides is 1. The molecule has 21 heavy (non-hydrogen) atoms. The van der Waals surface area contributed by atoms with Gasteiger partial charge in [-0.05, 0) is 24.6 Å². The number of aryl methyl sites for hydroxylation is 1. The van der Waals surface area contributed by atoms with Crippen LogP contribution in [0, 0.1) is 6.92 Å². The van der Waals surface area contributed by atoms with Gasteiger partial charge in [0.15, 0.2) is 0 Å². The Balaban J connectivity index is 1.79. The second-order valence-electron chi connectivity index (χ2n) is 4.80. The van der Waals surface area contributed by atoms with E-state index in [1.165, 1.54) is 11.3 Å². The zero-order chi connectivity index (χ0) is 14.8. The maximum Gasteiger partial charge on any atom is 0.261 e. The van der Waals surface area contributed by atoms with Gasteiger partial charge in [-0.2, -0.15) is 0 Å². The van der Waals surface area contributed by atoms with E-state index in [0.717, 1.165) is 21.3 Å². The number of carbonyl (C=O) groups is 1. The van der Waals surface area contributed by atoms with E-state index in [2.05, 4.69) is 10.3 Å². The topological polar surface area (TPSA) is 68.0 Å². The number of nitrogen functional groups attached to an aromatic ring is 1. The van der Waals surface area contributed by atoms with Crippen LogP contribution in [0.3, 0.4) is 0 Å². The van der Waals surface area contributed by atoms with Crippen molar-refractivity contribution >= 4 is 33.8 Å². The lowest BCUT2D eigenvalue weighted by Gasteiger charge is -2.06. The summed E-state index contributed by atoms with van der Waals surface area (Å²) in [5.74, 6) is -0.104. The molecule has 0 aliphatic carbocycles. The van der Waals surface area contributed by atoms with Gasteiger partial charge in [-0.1, -0.05) is 24.3 Å². The number of hydrogen-bond acceptors (Lipinski definition) is 4. The number of rotatable bonds is 3. The number of aromatic nitrogens is 1. The van der Waals surface area contributed by atoms with Crippen LogP contribution in [0.4, 0.5) is 5.69 Å². The SMILES string of the molecule is Cc1sc(C(=O)NCc2cccc3cccnc23)cc1N. The predicted octanol–water partition coefficient (Wildman–Crippen LogP) is 3.12. The standard InChI is InChI=1S/C16H15N3OS/c1-10-13(17)8-14(21-10)16(20)19-9-12-5-2-4-11-6-3-7-18-15(11)12/h2-8H,9,17H2,1H3,(H,19,20). The minimum atomic E-state index is -0.104. The van der Waals surface area contributed by atoms with Gasteiger partial charge in [0.05, 0.1) is 10.4 Å². The van der Waals surface area contributed by atoms with Gasteiger partial charge < -0.3 is 11.1 Å². The normalized spacial score (nSPS) is 10.7. The van der Waals surface area contributed by atoms with Gasteiger partial charge in [-0.25, -0.2) is 0 Å². The van der Waals surface area contributed by atoms with E-state index in [1.807, 2.05) is 37.3 Å². The molecule has 0 unspecified atom stereocenters. The second kappa shape index (κ2) is 5.54. The quantitative estimate of drug-likeness (QED) is 0.780. The summed E-state index contributed by atoms with van der Waals surface area (Å²) in [4.78, 5) is 18.1. The Kier molecular flexibility index (Phi) is 3.58. The molecule has 0 radical (unpaired) electrons. The van der Waals surface area contributed by atoms with Crippen LogP contribution in [0.15, 0.2) is 42.6 Å². The van der Waals surface area contributed by atoms with Gasteiger partial charge in [0, 0.05) is 28.7 Å². The zero-order valence-electron chi connectivity index (χ0n) is 11.6. The van der Waals surface area contributed by atoms with E-state index in [1.54, 1.807) is 12.3 Å². The van der Waals surface area contributed by atoms with Crippen molar-refractivity contribution in [3.63, 3.8) is 0 Å². The number of nitrogens with one attached hydrogen (secondary N) is 1. The molecule has 1 aromatic carbocycles. The number of fused-ring (bicyclic) bond motifs is 1. The molecule has 1 amide bonds. The van der Waals surface area contributed by atoms with Crippen molar-refractivity contribution in [2.24, 2.45) is 0 Å². The van der Waals surface area contributed by atoms with Crippen molar-refractivity contribution in [1.29, 1.82) is 0 Å². The Labute approximate surface area is 126 Å². The van der Waals surface area contributed by atoms with Crippen LogP contribution < -0.4 is 11.1 Å². The molecule has 3 rings (SSSR count). The molecule has 0 fully saturated rings. The molecule has 3 N–H and O–H groups in total. The lowest BCUT2D eigenvalue weighted by Crippen LogP contribution is -2.22. The molecule has 0 atom stereocenters. The van der Waals surface area contributed by atoms with E-state index in [0.29, 0.717) is 17.1 Å². The van der Waals surface area contributed by atoms with Crippen molar-refractivity contribution in [3.8, 4) is 0 Å². The summed E-state index contributed by atoms with van der Waals surface area (Å²) >= 11 is 1.41. The first-order chi connectivity index (χ1) is 10.1. The maximum absolute atomic E-state index is 12.1. The average molecular weight is 297 g/mol. The molecule has 4 nitrogen and oxygen atoms in total. The van der Waals surface area contributed by atoms with Crippen molar-refractivity contribution < 1.29 is 4.79 Å². The fraction of sp³-hybridized carbons (Fsp3) is 0.125. The largest absolute Gasteiger partial charge is 0.398 e. The molecule has 5 heteroatoms. The van der Waals surface area contributed by atoms with Gasteiger partial charge in [0.2, 0.25) is 0 Å². The van der Waals surface area contributed by atoms with Gasteiger partial charge in [-0.3, -0.25) is 9.78 Å². The molecule has 2 heterocycles. The monoisotopic (exact) mass is 297 g/mol. The Hall–Kier alpha value is -2.40. The molecular formula is C16H15N3OS. The molecule has 0 aliphatic rings. The minimum Gasteiger partial charge on any atom is -0.398 e. The van der Waals surface area contributed by atoms with Crippen LogP contribution in [-0.4, -0.2) is 10.9 Å². The van der Waals surface area contributed by atoms with Crippen LogP contribution in [0.2, 0.25) is 0 Å². The van der Waals surface area contributed by atoms with Crippen LogP contribution in [-0.2, 0) is 6.54 Å². The van der Waals surface area contributed by atoms with Gasteiger partial charge in [0.1, 0.15) is 0 Å². The van der Waals surface area contributed by atoms with Crippen LogP contribution in [0.5, 0.6) is 0 Å². The average Bonchev–Trinajstić information content (AvgIpc) is 2.84. The van der Waals surface area contributed by atoms with Crippen molar-refractivity contribution in [2.75, 3.05) is 5.73 Å². The smallest absolute Gasteiger partial charge is 0.261 e. The highest BCUT2D eigenvalue weighted by atomic mass is 32.1. The Morgan fingerprint density at radius 2 is 2.14 bits per heavy atom. The highest BCUT2D eigenvalue weighted by molar-refractivity contribution is 7.14. The number of thiophene rings is 1. The Bertz CT molecular complexity index is 785. The molecular weight excluding hydrogens is 282 g/mol. The number of pyridine rings is 1. The first kappa shape index (κ1) is 13.6. The maximum atomic E-state index is 12.1. The highest BCUT2D eigenvalue weighted by Crippen LogP contribution is 2.23. The Morgan fingerprint density at radius 1 is 1.33 bits per heavy atom. The number of hydrogen-bond donors (Lipinski definition) is 2. The summed E-state index contributed by atoms with van der Waals surface area (Å²) in [5, 5.41) is 3.99.